The number of carbonyl (C=O) groups excluding carboxylic acids is 1. The number of piperidine rings is 1. The van der Waals surface area contributed by atoms with E-state index in [2.05, 4.69) is 56.2 Å². The number of rotatable bonds is 3. The molecular formula is C17H26N2O. The van der Waals surface area contributed by atoms with Gasteiger partial charge in [-0.25, -0.2) is 0 Å². The first kappa shape index (κ1) is 15.0. The van der Waals surface area contributed by atoms with E-state index in [9.17, 15) is 4.79 Å². The third-order valence-corrected chi connectivity index (χ3v) is 4.48. The second-order valence-corrected chi connectivity index (χ2v) is 6.15. The SMILES string of the molecule is Cc1ccc(C(C)NC(=O)C2CCN(C)CC2)cc1C. The Kier molecular flexibility index (Phi) is 4.81. The molecule has 1 saturated heterocycles. The van der Waals surface area contributed by atoms with Gasteiger partial charge in [0.25, 0.3) is 0 Å². The predicted molar refractivity (Wildman–Crippen MR) is 82.7 cm³/mol. The topological polar surface area (TPSA) is 32.3 Å². The quantitative estimate of drug-likeness (QED) is 0.919. The molecule has 1 aliphatic heterocycles. The van der Waals surface area contributed by atoms with Gasteiger partial charge < -0.3 is 10.2 Å². The number of nitrogens with one attached hydrogen (secondary N) is 1. The number of nitrogens with zero attached hydrogens (tertiary/aromatic N) is 1. The fourth-order valence-electron chi connectivity index (χ4n) is 2.72. The summed E-state index contributed by atoms with van der Waals surface area (Å²) in [6, 6.07) is 6.50. The molecule has 1 atom stereocenters. The average Bonchev–Trinajstić information content (AvgIpc) is 2.42. The molecule has 0 aromatic heterocycles. The molecule has 0 radical (unpaired) electrons. The van der Waals surface area contributed by atoms with Crippen LogP contribution in [-0.2, 0) is 4.79 Å². The Morgan fingerprint density at radius 2 is 1.90 bits per heavy atom. The van der Waals surface area contributed by atoms with Crippen LogP contribution >= 0.6 is 0 Å². The van der Waals surface area contributed by atoms with Gasteiger partial charge in [-0.3, -0.25) is 4.79 Å². The zero-order chi connectivity index (χ0) is 14.7. The van der Waals surface area contributed by atoms with Crippen LogP contribution in [0.1, 0.15) is 42.5 Å². The van der Waals surface area contributed by atoms with Crippen molar-refractivity contribution in [3.8, 4) is 0 Å². The van der Waals surface area contributed by atoms with E-state index in [0.717, 1.165) is 25.9 Å². The lowest BCUT2D eigenvalue weighted by molar-refractivity contribution is -0.127. The maximum absolute atomic E-state index is 12.3. The molecule has 1 aromatic rings. The van der Waals surface area contributed by atoms with E-state index in [-0.39, 0.29) is 17.9 Å². The van der Waals surface area contributed by atoms with Gasteiger partial charge in [-0.2, -0.15) is 0 Å². The van der Waals surface area contributed by atoms with Crippen molar-refractivity contribution in [2.45, 2.75) is 39.7 Å². The Labute approximate surface area is 122 Å². The highest BCUT2D eigenvalue weighted by Crippen LogP contribution is 2.20. The second kappa shape index (κ2) is 6.40. The molecule has 1 N–H and O–H groups in total. The number of aryl methyl sites for hydroxylation is 2. The smallest absolute Gasteiger partial charge is 0.223 e. The third kappa shape index (κ3) is 3.60. The molecule has 20 heavy (non-hydrogen) atoms. The maximum atomic E-state index is 12.3. The molecule has 0 spiro atoms. The lowest BCUT2D eigenvalue weighted by atomic mass is 9.95. The normalized spacial score (nSPS) is 18.8. The Bertz CT molecular complexity index is 476. The highest BCUT2D eigenvalue weighted by Gasteiger charge is 2.24. The molecule has 0 aliphatic carbocycles. The van der Waals surface area contributed by atoms with Gasteiger partial charge in [0.15, 0.2) is 0 Å². The van der Waals surface area contributed by atoms with Crippen LogP contribution < -0.4 is 5.32 Å². The molecule has 1 aliphatic rings. The van der Waals surface area contributed by atoms with Gasteiger partial charge in [0, 0.05) is 5.92 Å². The summed E-state index contributed by atoms with van der Waals surface area (Å²) in [5, 5.41) is 3.17. The summed E-state index contributed by atoms with van der Waals surface area (Å²) < 4.78 is 0. The lowest BCUT2D eigenvalue weighted by Gasteiger charge is -2.29. The van der Waals surface area contributed by atoms with Crippen LogP contribution in [0, 0.1) is 19.8 Å². The fourth-order valence-corrected chi connectivity index (χ4v) is 2.72. The lowest BCUT2D eigenvalue weighted by Crippen LogP contribution is -2.39. The van der Waals surface area contributed by atoms with Crippen LogP contribution in [-0.4, -0.2) is 30.9 Å². The molecule has 1 heterocycles. The molecule has 0 saturated carbocycles. The summed E-state index contributed by atoms with van der Waals surface area (Å²) in [5.74, 6) is 0.393. The molecule has 1 unspecified atom stereocenters. The minimum atomic E-state index is 0.0847. The molecule has 3 nitrogen and oxygen atoms in total. The molecule has 0 bridgehead atoms. The van der Waals surface area contributed by atoms with Crippen molar-refractivity contribution in [2.75, 3.05) is 20.1 Å². The molecule has 2 rings (SSSR count). The van der Waals surface area contributed by atoms with Crippen molar-refractivity contribution < 1.29 is 4.79 Å². The number of carbonyl (C=O) groups is 1. The van der Waals surface area contributed by atoms with E-state index in [4.69, 9.17) is 0 Å². The second-order valence-electron chi connectivity index (χ2n) is 6.15. The Morgan fingerprint density at radius 3 is 2.50 bits per heavy atom. The highest BCUT2D eigenvalue weighted by molar-refractivity contribution is 5.79. The summed E-state index contributed by atoms with van der Waals surface area (Å²) in [6.45, 7) is 8.34. The Balaban J connectivity index is 1.95. The van der Waals surface area contributed by atoms with Gasteiger partial charge in [-0.05, 0) is 70.4 Å². The van der Waals surface area contributed by atoms with Crippen molar-refractivity contribution in [1.29, 1.82) is 0 Å². The molecule has 3 heteroatoms. The van der Waals surface area contributed by atoms with Crippen molar-refractivity contribution in [3.05, 3.63) is 34.9 Å². The summed E-state index contributed by atoms with van der Waals surface area (Å²) in [6.07, 6.45) is 1.95. The average molecular weight is 274 g/mol. The summed E-state index contributed by atoms with van der Waals surface area (Å²) >= 11 is 0. The zero-order valence-electron chi connectivity index (χ0n) is 13.1. The van der Waals surface area contributed by atoms with Crippen LogP contribution in [0.25, 0.3) is 0 Å². The molecular weight excluding hydrogens is 248 g/mol. The highest BCUT2D eigenvalue weighted by atomic mass is 16.1. The Morgan fingerprint density at radius 1 is 1.25 bits per heavy atom. The first-order chi connectivity index (χ1) is 9.47. The van der Waals surface area contributed by atoms with E-state index in [1.54, 1.807) is 0 Å². The number of hydrogen-bond donors (Lipinski definition) is 1. The summed E-state index contributed by atoms with van der Waals surface area (Å²) in [4.78, 5) is 14.6. The van der Waals surface area contributed by atoms with Crippen LogP contribution in [0.4, 0.5) is 0 Å². The van der Waals surface area contributed by atoms with E-state index in [1.807, 2.05) is 0 Å². The molecule has 110 valence electrons. The van der Waals surface area contributed by atoms with E-state index in [0.29, 0.717) is 0 Å². The van der Waals surface area contributed by atoms with Gasteiger partial charge in [-0.15, -0.1) is 0 Å². The number of benzene rings is 1. The number of likely N-dealkylation sites (tertiary alicyclic amines) is 1. The number of hydrogen-bond acceptors (Lipinski definition) is 2. The minimum Gasteiger partial charge on any atom is -0.349 e. The van der Waals surface area contributed by atoms with Crippen molar-refractivity contribution in [3.63, 3.8) is 0 Å². The van der Waals surface area contributed by atoms with Gasteiger partial charge >= 0.3 is 0 Å². The summed E-state index contributed by atoms with van der Waals surface area (Å²) in [5.41, 5.74) is 3.76. The first-order valence-corrected chi connectivity index (χ1v) is 7.53. The van der Waals surface area contributed by atoms with E-state index in [1.165, 1.54) is 16.7 Å². The predicted octanol–water partition coefficient (Wildman–Crippen LogP) is 2.82. The van der Waals surface area contributed by atoms with Crippen LogP contribution in [0.5, 0.6) is 0 Å². The van der Waals surface area contributed by atoms with Crippen LogP contribution in [0.3, 0.4) is 0 Å². The fraction of sp³-hybridized carbons (Fsp3) is 0.588. The zero-order valence-corrected chi connectivity index (χ0v) is 13.1. The van der Waals surface area contributed by atoms with Crippen molar-refractivity contribution in [2.24, 2.45) is 5.92 Å². The van der Waals surface area contributed by atoms with Gasteiger partial charge in [-0.1, -0.05) is 18.2 Å². The van der Waals surface area contributed by atoms with Crippen LogP contribution in [0.2, 0.25) is 0 Å². The van der Waals surface area contributed by atoms with Gasteiger partial charge in [0.2, 0.25) is 5.91 Å². The Hall–Kier alpha value is -1.35. The van der Waals surface area contributed by atoms with E-state index < -0.39 is 0 Å². The largest absolute Gasteiger partial charge is 0.349 e. The first-order valence-electron chi connectivity index (χ1n) is 7.53. The molecule has 1 aromatic carbocycles. The standard InChI is InChI=1S/C17H26N2O/c1-12-5-6-16(11-13(12)2)14(3)18-17(20)15-7-9-19(4)10-8-15/h5-6,11,14-15H,7-10H2,1-4H3,(H,18,20). The van der Waals surface area contributed by atoms with E-state index >= 15 is 0 Å². The van der Waals surface area contributed by atoms with Gasteiger partial charge in [0.05, 0.1) is 6.04 Å². The third-order valence-electron chi connectivity index (χ3n) is 4.48. The monoisotopic (exact) mass is 274 g/mol. The molecule has 1 amide bonds. The van der Waals surface area contributed by atoms with Crippen molar-refractivity contribution >= 4 is 5.91 Å². The van der Waals surface area contributed by atoms with Gasteiger partial charge in [0.1, 0.15) is 0 Å². The van der Waals surface area contributed by atoms with Crippen LogP contribution in [0.15, 0.2) is 18.2 Å². The molecule has 1 fully saturated rings. The maximum Gasteiger partial charge on any atom is 0.223 e. The summed E-state index contributed by atoms with van der Waals surface area (Å²) in [7, 11) is 2.12. The minimum absolute atomic E-state index is 0.0847. The van der Waals surface area contributed by atoms with Crippen molar-refractivity contribution in [1.82, 2.24) is 10.2 Å². The number of amides is 1.